The molecule has 2 aromatic carbocycles. The molecule has 5 heteroatoms. The van der Waals surface area contributed by atoms with E-state index >= 15 is 0 Å². The molecule has 0 radical (unpaired) electrons. The van der Waals surface area contributed by atoms with Crippen molar-refractivity contribution in [3.63, 3.8) is 0 Å². The van der Waals surface area contributed by atoms with Crippen LogP contribution in [0.1, 0.15) is 35.2 Å². The smallest absolute Gasteiger partial charge is 0.311 e. The Labute approximate surface area is 140 Å². The average Bonchev–Trinajstić information content (AvgIpc) is 2.60. The SMILES string of the molecule is COc1ccc(C(=O)N2c3ccccc3C(C(=O)O)C[C@@H]2C)cc1. The number of fused-ring (bicyclic) bond motifs is 1. The maximum Gasteiger partial charge on any atom is 0.311 e. The number of amides is 1. The molecule has 3 rings (SSSR count). The molecule has 2 aromatic rings. The van der Waals surface area contributed by atoms with Crippen LogP contribution in [0.5, 0.6) is 5.75 Å². The van der Waals surface area contributed by atoms with Gasteiger partial charge in [0.05, 0.1) is 13.0 Å². The van der Waals surface area contributed by atoms with E-state index in [4.69, 9.17) is 4.74 Å². The van der Waals surface area contributed by atoms with E-state index < -0.39 is 11.9 Å². The third kappa shape index (κ3) is 2.73. The minimum absolute atomic E-state index is 0.138. The number of carbonyl (C=O) groups excluding carboxylic acids is 1. The zero-order valence-corrected chi connectivity index (χ0v) is 13.6. The van der Waals surface area contributed by atoms with Gasteiger partial charge in [0.15, 0.2) is 0 Å². The minimum Gasteiger partial charge on any atom is -0.497 e. The lowest BCUT2D eigenvalue weighted by molar-refractivity contribution is -0.139. The van der Waals surface area contributed by atoms with Gasteiger partial charge >= 0.3 is 5.97 Å². The average molecular weight is 325 g/mol. The van der Waals surface area contributed by atoms with Crippen molar-refractivity contribution in [2.45, 2.75) is 25.3 Å². The fraction of sp³-hybridized carbons (Fsp3) is 0.263. The first-order valence-electron chi connectivity index (χ1n) is 7.82. The molecule has 24 heavy (non-hydrogen) atoms. The molecule has 1 unspecified atom stereocenters. The second-order valence-electron chi connectivity index (χ2n) is 5.94. The number of aliphatic carboxylic acids is 1. The van der Waals surface area contributed by atoms with Crippen LogP contribution < -0.4 is 9.64 Å². The van der Waals surface area contributed by atoms with Crippen molar-refractivity contribution in [2.75, 3.05) is 12.0 Å². The third-order valence-electron chi connectivity index (χ3n) is 4.44. The Balaban J connectivity index is 2.01. The van der Waals surface area contributed by atoms with E-state index in [1.54, 1.807) is 48.4 Å². The Morgan fingerprint density at radius 1 is 1.12 bits per heavy atom. The van der Waals surface area contributed by atoms with Crippen LogP contribution in [0.3, 0.4) is 0 Å². The van der Waals surface area contributed by atoms with Gasteiger partial charge in [-0.3, -0.25) is 9.59 Å². The number of nitrogens with zero attached hydrogens (tertiary/aromatic N) is 1. The zero-order valence-electron chi connectivity index (χ0n) is 13.6. The second-order valence-corrected chi connectivity index (χ2v) is 5.94. The minimum atomic E-state index is -0.856. The van der Waals surface area contributed by atoms with Gasteiger partial charge in [-0.05, 0) is 49.2 Å². The molecule has 2 atom stereocenters. The molecule has 1 N–H and O–H groups in total. The van der Waals surface area contributed by atoms with Crippen LogP contribution in [0, 0.1) is 0 Å². The highest BCUT2D eigenvalue weighted by molar-refractivity contribution is 6.07. The van der Waals surface area contributed by atoms with Gasteiger partial charge in [-0.1, -0.05) is 18.2 Å². The van der Waals surface area contributed by atoms with Gasteiger partial charge in [-0.2, -0.15) is 0 Å². The fourth-order valence-corrected chi connectivity index (χ4v) is 3.23. The fourth-order valence-electron chi connectivity index (χ4n) is 3.23. The van der Waals surface area contributed by atoms with Gasteiger partial charge in [-0.15, -0.1) is 0 Å². The first-order valence-corrected chi connectivity index (χ1v) is 7.82. The number of carboxylic acids is 1. The van der Waals surface area contributed by atoms with Gasteiger partial charge in [0.25, 0.3) is 5.91 Å². The van der Waals surface area contributed by atoms with E-state index in [2.05, 4.69) is 0 Å². The maximum atomic E-state index is 13.0. The van der Waals surface area contributed by atoms with Gasteiger partial charge in [0.1, 0.15) is 5.75 Å². The van der Waals surface area contributed by atoms with Crippen LogP contribution in [0.4, 0.5) is 5.69 Å². The van der Waals surface area contributed by atoms with E-state index in [0.29, 0.717) is 29.0 Å². The summed E-state index contributed by atoms with van der Waals surface area (Å²) in [6, 6.07) is 14.0. The summed E-state index contributed by atoms with van der Waals surface area (Å²) in [4.78, 5) is 26.2. The zero-order chi connectivity index (χ0) is 17.3. The summed E-state index contributed by atoms with van der Waals surface area (Å²) in [6.45, 7) is 1.88. The van der Waals surface area contributed by atoms with Crippen LogP contribution in [0.2, 0.25) is 0 Å². The largest absolute Gasteiger partial charge is 0.497 e. The van der Waals surface area contributed by atoms with Crippen molar-refractivity contribution in [1.29, 1.82) is 0 Å². The van der Waals surface area contributed by atoms with E-state index in [0.717, 1.165) is 0 Å². The lowest BCUT2D eigenvalue weighted by Gasteiger charge is -2.38. The molecule has 1 aliphatic rings. The highest BCUT2D eigenvalue weighted by atomic mass is 16.5. The van der Waals surface area contributed by atoms with Crippen molar-refractivity contribution in [3.05, 3.63) is 59.7 Å². The summed E-state index contributed by atoms with van der Waals surface area (Å²) in [5.74, 6) is -0.895. The molecule has 1 amide bonds. The Morgan fingerprint density at radius 2 is 1.79 bits per heavy atom. The molecule has 1 heterocycles. The number of hydrogen-bond donors (Lipinski definition) is 1. The first-order chi connectivity index (χ1) is 11.5. The van der Waals surface area contributed by atoms with E-state index in [-0.39, 0.29) is 11.9 Å². The quantitative estimate of drug-likeness (QED) is 0.940. The number of carboxylic acid groups (broad SMARTS) is 1. The van der Waals surface area contributed by atoms with Crippen molar-refractivity contribution in [1.82, 2.24) is 0 Å². The monoisotopic (exact) mass is 325 g/mol. The number of benzene rings is 2. The van der Waals surface area contributed by atoms with E-state index in [1.807, 2.05) is 19.1 Å². The van der Waals surface area contributed by atoms with Gasteiger partial charge < -0.3 is 14.7 Å². The third-order valence-corrected chi connectivity index (χ3v) is 4.44. The Hall–Kier alpha value is -2.82. The summed E-state index contributed by atoms with van der Waals surface area (Å²) < 4.78 is 5.12. The summed E-state index contributed by atoms with van der Waals surface area (Å²) in [6.07, 6.45) is 0.397. The van der Waals surface area contributed by atoms with E-state index in [1.165, 1.54) is 0 Å². The van der Waals surface area contributed by atoms with Crippen molar-refractivity contribution in [2.24, 2.45) is 0 Å². The number of anilines is 1. The predicted molar refractivity (Wildman–Crippen MR) is 90.7 cm³/mol. The van der Waals surface area contributed by atoms with E-state index in [9.17, 15) is 14.7 Å². The summed E-state index contributed by atoms with van der Waals surface area (Å²) in [5, 5.41) is 9.49. The molecular formula is C19H19NO4. The summed E-state index contributed by atoms with van der Waals surface area (Å²) >= 11 is 0. The molecule has 0 aliphatic carbocycles. The van der Waals surface area contributed by atoms with Crippen LogP contribution in [0.15, 0.2) is 48.5 Å². The number of para-hydroxylation sites is 1. The Bertz CT molecular complexity index is 769. The molecule has 0 saturated heterocycles. The van der Waals surface area contributed by atoms with Crippen LogP contribution in [0.25, 0.3) is 0 Å². The van der Waals surface area contributed by atoms with Crippen LogP contribution in [-0.2, 0) is 4.79 Å². The molecular weight excluding hydrogens is 306 g/mol. The predicted octanol–water partition coefficient (Wildman–Crippen LogP) is 3.30. The molecule has 0 fully saturated rings. The molecule has 0 saturated carbocycles. The molecule has 0 spiro atoms. The molecule has 124 valence electrons. The molecule has 0 aromatic heterocycles. The standard InChI is InChI=1S/C19H19NO4/c1-12-11-16(19(22)23)15-5-3-4-6-17(15)20(12)18(21)13-7-9-14(24-2)10-8-13/h3-10,12,16H,11H2,1-2H3,(H,22,23)/t12-,16?/m0/s1. The molecule has 1 aliphatic heterocycles. The number of rotatable bonds is 3. The second kappa shape index (κ2) is 6.35. The maximum absolute atomic E-state index is 13.0. The first kappa shape index (κ1) is 16.1. The highest BCUT2D eigenvalue weighted by Gasteiger charge is 2.37. The summed E-state index contributed by atoms with van der Waals surface area (Å²) in [5.41, 5.74) is 1.90. The van der Waals surface area contributed by atoms with Crippen molar-refractivity contribution in [3.8, 4) is 5.75 Å². The Kier molecular flexibility index (Phi) is 4.25. The number of ether oxygens (including phenoxy) is 1. The highest BCUT2D eigenvalue weighted by Crippen LogP contribution is 2.39. The topological polar surface area (TPSA) is 66.8 Å². The lowest BCUT2D eigenvalue weighted by atomic mass is 9.85. The normalized spacial score (nSPS) is 19.5. The number of carbonyl (C=O) groups is 2. The Morgan fingerprint density at radius 3 is 2.42 bits per heavy atom. The number of methoxy groups -OCH3 is 1. The van der Waals surface area contributed by atoms with Gasteiger partial charge in [0, 0.05) is 17.3 Å². The van der Waals surface area contributed by atoms with Crippen molar-refractivity contribution < 1.29 is 19.4 Å². The van der Waals surface area contributed by atoms with Crippen LogP contribution >= 0.6 is 0 Å². The van der Waals surface area contributed by atoms with Crippen molar-refractivity contribution >= 4 is 17.6 Å². The summed E-state index contributed by atoms with van der Waals surface area (Å²) in [7, 11) is 1.58. The number of hydrogen-bond acceptors (Lipinski definition) is 3. The van der Waals surface area contributed by atoms with Gasteiger partial charge in [0.2, 0.25) is 0 Å². The molecule has 5 nitrogen and oxygen atoms in total. The lowest BCUT2D eigenvalue weighted by Crippen LogP contribution is -2.44. The van der Waals surface area contributed by atoms with Gasteiger partial charge in [-0.25, -0.2) is 0 Å². The molecule has 0 bridgehead atoms. The van der Waals surface area contributed by atoms with Crippen LogP contribution in [-0.4, -0.2) is 30.1 Å².